The van der Waals surface area contributed by atoms with Crippen LogP contribution in [0.5, 0.6) is 5.88 Å². The van der Waals surface area contributed by atoms with Crippen LogP contribution in [0.25, 0.3) is 0 Å². The second-order valence-electron chi connectivity index (χ2n) is 4.41. The van der Waals surface area contributed by atoms with Crippen molar-refractivity contribution >= 4 is 26.0 Å². The third kappa shape index (κ3) is 3.61. The predicted molar refractivity (Wildman–Crippen MR) is 83.6 cm³/mol. The van der Waals surface area contributed by atoms with Gasteiger partial charge in [0.1, 0.15) is 4.90 Å². The molecule has 0 saturated heterocycles. The number of ether oxygens (including phenoxy) is 1. The SMILES string of the molecule is COc1ncc(Br)cc1S(=O)(=O)N(C)Cc1ccccc1. The van der Waals surface area contributed by atoms with Crippen molar-refractivity contribution in [3.8, 4) is 5.88 Å². The molecule has 21 heavy (non-hydrogen) atoms. The summed E-state index contributed by atoms with van der Waals surface area (Å²) in [4.78, 5) is 4.02. The summed E-state index contributed by atoms with van der Waals surface area (Å²) in [6.07, 6.45) is 1.50. The van der Waals surface area contributed by atoms with Crippen LogP contribution in [-0.2, 0) is 16.6 Å². The highest BCUT2D eigenvalue weighted by atomic mass is 79.9. The first-order valence-electron chi connectivity index (χ1n) is 6.15. The van der Waals surface area contributed by atoms with E-state index in [0.717, 1.165) is 5.56 Å². The van der Waals surface area contributed by atoms with Gasteiger partial charge in [-0.3, -0.25) is 0 Å². The van der Waals surface area contributed by atoms with Crippen LogP contribution in [0.2, 0.25) is 0 Å². The molecule has 0 saturated carbocycles. The quantitative estimate of drug-likeness (QED) is 0.811. The number of methoxy groups -OCH3 is 1. The molecule has 0 aliphatic carbocycles. The molecule has 0 radical (unpaired) electrons. The van der Waals surface area contributed by atoms with Gasteiger partial charge in [-0.2, -0.15) is 4.31 Å². The van der Waals surface area contributed by atoms with Crippen molar-refractivity contribution in [1.29, 1.82) is 0 Å². The molecule has 2 rings (SSSR count). The van der Waals surface area contributed by atoms with Gasteiger partial charge in [0.05, 0.1) is 7.11 Å². The Hall–Kier alpha value is -1.44. The Bertz CT molecular complexity index is 720. The van der Waals surface area contributed by atoms with E-state index in [-0.39, 0.29) is 17.3 Å². The lowest BCUT2D eigenvalue weighted by Crippen LogP contribution is -2.27. The van der Waals surface area contributed by atoms with Crippen molar-refractivity contribution in [2.24, 2.45) is 0 Å². The number of hydrogen-bond donors (Lipinski definition) is 0. The van der Waals surface area contributed by atoms with E-state index in [4.69, 9.17) is 4.74 Å². The fourth-order valence-electron chi connectivity index (χ4n) is 1.84. The van der Waals surface area contributed by atoms with Gasteiger partial charge in [0.25, 0.3) is 0 Å². The monoisotopic (exact) mass is 370 g/mol. The van der Waals surface area contributed by atoms with E-state index in [9.17, 15) is 8.42 Å². The summed E-state index contributed by atoms with van der Waals surface area (Å²) >= 11 is 3.23. The first kappa shape index (κ1) is 15.9. The van der Waals surface area contributed by atoms with Crippen molar-refractivity contribution < 1.29 is 13.2 Å². The third-order valence-corrected chi connectivity index (χ3v) is 5.15. The van der Waals surface area contributed by atoms with Gasteiger partial charge in [-0.25, -0.2) is 13.4 Å². The molecule has 1 aromatic carbocycles. The van der Waals surface area contributed by atoms with Gasteiger partial charge in [0, 0.05) is 24.3 Å². The highest BCUT2D eigenvalue weighted by Gasteiger charge is 2.26. The van der Waals surface area contributed by atoms with E-state index in [1.54, 1.807) is 0 Å². The number of rotatable bonds is 5. The molecule has 0 aliphatic rings. The van der Waals surface area contributed by atoms with Crippen LogP contribution in [0, 0.1) is 0 Å². The molecule has 0 fully saturated rings. The smallest absolute Gasteiger partial charge is 0.248 e. The maximum Gasteiger partial charge on any atom is 0.248 e. The predicted octanol–water partition coefficient (Wildman–Crippen LogP) is 2.67. The summed E-state index contributed by atoms with van der Waals surface area (Å²) in [5.41, 5.74) is 0.908. The second-order valence-corrected chi connectivity index (χ2v) is 7.34. The molecule has 1 aromatic heterocycles. The number of halogens is 1. The molecule has 0 aliphatic heterocycles. The van der Waals surface area contributed by atoms with Crippen molar-refractivity contribution in [2.45, 2.75) is 11.4 Å². The lowest BCUT2D eigenvalue weighted by atomic mass is 10.2. The minimum Gasteiger partial charge on any atom is -0.480 e. The summed E-state index contributed by atoms with van der Waals surface area (Å²) in [7, 11) is -0.761. The number of benzene rings is 1. The molecule has 0 N–H and O–H groups in total. The molecule has 0 amide bonds. The topological polar surface area (TPSA) is 59.5 Å². The van der Waals surface area contributed by atoms with Crippen LogP contribution < -0.4 is 4.74 Å². The largest absolute Gasteiger partial charge is 0.480 e. The van der Waals surface area contributed by atoms with Gasteiger partial charge < -0.3 is 4.74 Å². The highest BCUT2D eigenvalue weighted by molar-refractivity contribution is 9.10. The molecule has 0 atom stereocenters. The number of hydrogen-bond acceptors (Lipinski definition) is 4. The van der Waals surface area contributed by atoms with Crippen molar-refractivity contribution in [3.05, 3.63) is 52.6 Å². The average molecular weight is 371 g/mol. The molecule has 0 bridgehead atoms. The Morgan fingerprint density at radius 2 is 1.95 bits per heavy atom. The van der Waals surface area contributed by atoms with Gasteiger partial charge in [0.15, 0.2) is 0 Å². The number of aromatic nitrogens is 1. The maximum atomic E-state index is 12.7. The minimum atomic E-state index is -3.69. The van der Waals surface area contributed by atoms with Crippen LogP contribution in [0.15, 0.2) is 52.0 Å². The summed E-state index contributed by atoms with van der Waals surface area (Å²) < 4.78 is 32.2. The Kier molecular flexibility index (Phi) is 4.97. The van der Waals surface area contributed by atoms with E-state index in [2.05, 4.69) is 20.9 Å². The van der Waals surface area contributed by atoms with Crippen LogP contribution in [0.1, 0.15) is 5.56 Å². The standard InChI is InChI=1S/C14H15BrN2O3S/c1-17(10-11-6-4-3-5-7-11)21(18,19)13-8-12(15)9-16-14(13)20-2/h3-9H,10H2,1-2H3. The van der Waals surface area contributed by atoms with Gasteiger partial charge in [-0.15, -0.1) is 0 Å². The van der Waals surface area contributed by atoms with Crippen molar-refractivity contribution in [1.82, 2.24) is 9.29 Å². The molecule has 7 heteroatoms. The van der Waals surface area contributed by atoms with Crippen LogP contribution >= 0.6 is 15.9 Å². The van der Waals surface area contributed by atoms with Gasteiger partial charge in [-0.1, -0.05) is 30.3 Å². The Labute approximate surface area is 132 Å². The van der Waals surface area contributed by atoms with Gasteiger partial charge >= 0.3 is 0 Å². The van der Waals surface area contributed by atoms with Crippen LogP contribution in [-0.4, -0.2) is 31.9 Å². The average Bonchev–Trinajstić information content (AvgIpc) is 2.48. The summed E-state index contributed by atoms with van der Waals surface area (Å²) in [5.74, 6) is 0.0816. The Morgan fingerprint density at radius 1 is 1.29 bits per heavy atom. The highest BCUT2D eigenvalue weighted by Crippen LogP contribution is 2.27. The fraction of sp³-hybridized carbons (Fsp3) is 0.214. The fourth-order valence-corrected chi connectivity index (χ4v) is 3.61. The molecule has 112 valence electrons. The molecule has 5 nitrogen and oxygen atoms in total. The summed E-state index contributed by atoms with van der Waals surface area (Å²) in [6, 6.07) is 10.9. The lowest BCUT2D eigenvalue weighted by Gasteiger charge is -2.18. The number of nitrogens with zero attached hydrogens (tertiary/aromatic N) is 2. The first-order valence-corrected chi connectivity index (χ1v) is 8.38. The molecule has 1 heterocycles. The zero-order chi connectivity index (χ0) is 15.5. The minimum absolute atomic E-state index is 0.0396. The normalized spacial score (nSPS) is 11.6. The maximum absolute atomic E-state index is 12.7. The zero-order valence-electron chi connectivity index (χ0n) is 11.7. The number of sulfonamides is 1. The van der Waals surface area contributed by atoms with E-state index >= 15 is 0 Å². The van der Waals surface area contributed by atoms with Gasteiger partial charge in [0.2, 0.25) is 15.9 Å². The van der Waals surface area contributed by atoms with E-state index < -0.39 is 10.0 Å². The lowest BCUT2D eigenvalue weighted by molar-refractivity contribution is 0.380. The molecular formula is C14H15BrN2O3S. The molecule has 0 unspecified atom stereocenters. The van der Waals surface area contributed by atoms with E-state index in [1.165, 1.54) is 30.7 Å². The molecular weight excluding hydrogens is 356 g/mol. The third-order valence-electron chi connectivity index (χ3n) is 2.91. The zero-order valence-corrected chi connectivity index (χ0v) is 14.1. The molecule has 2 aromatic rings. The summed E-state index contributed by atoms with van der Waals surface area (Å²) in [6.45, 7) is 0.277. The van der Waals surface area contributed by atoms with Crippen molar-refractivity contribution in [3.63, 3.8) is 0 Å². The van der Waals surface area contributed by atoms with E-state index in [0.29, 0.717) is 4.47 Å². The first-order chi connectivity index (χ1) is 9.95. The second kappa shape index (κ2) is 6.55. The van der Waals surface area contributed by atoms with Gasteiger partial charge in [-0.05, 0) is 27.6 Å². The van der Waals surface area contributed by atoms with Crippen LogP contribution in [0.4, 0.5) is 0 Å². The van der Waals surface area contributed by atoms with E-state index in [1.807, 2.05) is 30.3 Å². The van der Waals surface area contributed by atoms with Crippen LogP contribution in [0.3, 0.4) is 0 Å². The van der Waals surface area contributed by atoms with Crippen molar-refractivity contribution in [2.75, 3.05) is 14.2 Å². The number of pyridine rings is 1. The Morgan fingerprint density at radius 3 is 2.57 bits per heavy atom. The molecule has 0 spiro atoms. The Balaban J connectivity index is 2.35. The summed E-state index contributed by atoms with van der Waals surface area (Å²) in [5, 5.41) is 0.